The highest BCUT2D eigenvalue weighted by molar-refractivity contribution is 6.32. The summed E-state index contributed by atoms with van der Waals surface area (Å²) in [6.07, 6.45) is 4.10. The molecule has 0 amide bonds. The van der Waals surface area contributed by atoms with Crippen LogP contribution in [0, 0.1) is 5.82 Å². The van der Waals surface area contributed by atoms with Crippen molar-refractivity contribution >= 4 is 35.9 Å². The Hall–Kier alpha value is -1.85. The number of fused-ring (bicyclic) bond motifs is 1. The number of imidazole rings is 1. The third kappa shape index (κ3) is 3.38. The summed E-state index contributed by atoms with van der Waals surface area (Å²) in [5.74, 6) is 0.482. The summed E-state index contributed by atoms with van der Waals surface area (Å²) in [4.78, 5) is 7.87. The molecule has 4 rings (SSSR count). The molecular weight excluding hydrogens is 348 g/mol. The van der Waals surface area contributed by atoms with Crippen molar-refractivity contribution in [1.82, 2.24) is 15.3 Å². The van der Waals surface area contributed by atoms with Gasteiger partial charge in [-0.15, -0.1) is 0 Å². The van der Waals surface area contributed by atoms with Crippen LogP contribution in [0.1, 0.15) is 30.7 Å². The molecule has 0 bridgehead atoms. The van der Waals surface area contributed by atoms with E-state index in [4.69, 9.17) is 11.6 Å². The number of benzene rings is 2. The lowest BCUT2D eigenvalue weighted by Gasteiger charge is -2.38. The highest BCUT2D eigenvalue weighted by Crippen LogP contribution is 2.37. The van der Waals surface area contributed by atoms with E-state index in [1.54, 1.807) is 6.07 Å². The van der Waals surface area contributed by atoms with Gasteiger partial charge in [-0.05, 0) is 49.4 Å². The molecule has 2 heterocycles. The van der Waals surface area contributed by atoms with Gasteiger partial charge in [-0.2, -0.15) is 0 Å². The zero-order chi connectivity index (χ0) is 18.1. The lowest BCUT2D eigenvalue weighted by molar-refractivity contribution is 0.286. The van der Waals surface area contributed by atoms with Crippen LogP contribution >= 0.6 is 11.6 Å². The van der Waals surface area contributed by atoms with E-state index in [9.17, 15) is 4.39 Å². The second-order valence-corrected chi connectivity index (χ2v) is 7.77. The van der Waals surface area contributed by atoms with Crippen LogP contribution < -0.4 is 10.8 Å². The smallest absolute Gasteiger partial charge is 0.144 e. The zero-order valence-electron chi connectivity index (χ0n) is 14.9. The van der Waals surface area contributed by atoms with Gasteiger partial charge in [0, 0.05) is 12.5 Å². The standard InChI is InChI=1S/C20H22BClFN3/c21-14-3-1-13(2-4-14)20(7-9-24-10-8-20)6-5-19-25-17-11-15(22)16(23)12-18(17)26-19/h1-4,11-12,24H,5-10,21H2,(H,25,26). The van der Waals surface area contributed by atoms with E-state index in [-0.39, 0.29) is 10.4 Å². The van der Waals surface area contributed by atoms with Crippen LogP contribution in [0.2, 0.25) is 5.02 Å². The number of nitrogens with zero attached hydrogens (tertiary/aromatic N) is 1. The van der Waals surface area contributed by atoms with E-state index in [2.05, 4.69) is 47.4 Å². The number of halogens is 2. The number of nitrogens with one attached hydrogen (secondary N) is 2. The van der Waals surface area contributed by atoms with Crippen molar-refractivity contribution in [2.24, 2.45) is 0 Å². The van der Waals surface area contributed by atoms with Gasteiger partial charge in [-0.25, -0.2) is 9.37 Å². The van der Waals surface area contributed by atoms with Crippen molar-refractivity contribution in [3.05, 3.63) is 58.6 Å². The second-order valence-electron chi connectivity index (χ2n) is 7.36. The largest absolute Gasteiger partial charge is 0.342 e. The van der Waals surface area contributed by atoms with Crippen LogP contribution in [-0.4, -0.2) is 30.9 Å². The third-order valence-electron chi connectivity index (χ3n) is 5.64. The summed E-state index contributed by atoms with van der Waals surface area (Å²) < 4.78 is 13.7. The molecule has 2 aromatic carbocycles. The van der Waals surface area contributed by atoms with Gasteiger partial charge < -0.3 is 10.3 Å². The van der Waals surface area contributed by atoms with Gasteiger partial charge >= 0.3 is 0 Å². The molecule has 0 saturated carbocycles. The Balaban J connectivity index is 1.59. The number of hydrogen-bond acceptors (Lipinski definition) is 2. The molecule has 1 aliphatic rings. The molecule has 1 aliphatic heterocycles. The van der Waals surface area contributed by atoms with Crippen LogP contribution in [-0.2, 0) is 11.8 Å². The minimum Gasteiger partial charge on any atom is -0.342 e. The number of aromatic amines is 1. The van der Waals surface area contributed by atoms with Gasteiger partial charge in [-0.1, -0.05) is 41.3 Å². The Bertz CT molecular complexity index is 878. The van der Waals surface area contributed by atoms with Gasteiger partial charge in [0.25, 0.3) is 0 Å². The van der Waals surface area contributed by atoms with E-state index in [1.165, 1.54) is 17.1 Å². The van der Waals surface area contributed by atoms with Crippen LogP contribution in [0.5, 0.6) is 0 Å². The number of rotatable bonds is 4. The third-order valence-corrected chi connectivity index (χ3v) is 5.93. The molecule has 0 atom stereocenters. The van der Waals surface area contributed by atoms with Gasteiger partial charge in [0.05, 0.1) is 16.1 Å². The molecule has 0 aliphatic carbocycles. The number of aryl methyl sites for hydroxylation is 1. The second kappa shape index (κ2) is 7.05. The van der Waals surface area contributed by atoms with E-state index in [1.807, 2.05) is 0 Å². The van der Waals surface area contributed by atoms with Crippen molar-refractivity contribution in [3.63, 3.8) is 0 Å². The van der Waals surface area contributed by atoms with Crippen molar-refractivity contribution in [1.29, 1.82) is 0 Å². The molecule has 1 fully saturated rings. The van der Waals surface area contributed by atoms with Gasteiger partial charge in [0.1, 0.15) is 19.5 Å². The van der Waals surface area contributed by atoms with Crippen LogP contribution in [0.4, 0.5) is 4.39 Å². The molecule has 3 aromatic rings. The Morgan fingerprint density at radius 3 is 2.62 bits per heavy atom. The summed E-state index contributed by atoms with van der Waals surface area (Å²) in [6, 6.07) is 12.0. The van der Waals surface area contributed by atoms with Gasteiger partial charge in [-0.3, -0.25) is 0 Å². The van der Waals surface area contributed by atoms with Crippen molar-refractivity contribution in [2.75, 3.05) is 13.1 Å². The van der Waals surface area contributed by atoms with Crippen LogP contribution in [0.25, 0.3) is 11.0 Å². The van der Waals surface area contributed by atoms with E-state index >= 15 is 0 Å². The van der Waals surface area contributed by atoms with Crippen LogP contribution in [0.15, 0.2) is 36.4 Å². The van der Waals surface area contributed by atoms with Crippen molar-refractivity contribution in [2.45, 2.75) is 31.1 Å². The SMILES string of the molecule is Bc1ccc(C2(CCc3nc4cc(Cl)c(F)cc4[nH]3)CCNCC2)cc1. The van der Waals surface area contributed by atoms with E-state index in [0.717, 1.165) is 50.1 Å². The number of aromatic nitrogens is 2. The minimum absolute atomic E-state index is 0.116. The highest BCUT2D eigenvalue weighted by Gasteiger charge is 2.33. The predicted octanol–water partition coefficient (Wildman–Crippen LogP) is 2.87. The Labute approximate surface area is 158 Å². The Morgan fingerprint density at radius 2 is 1.88 bits per heavy atom. The molecule has 6 heteroatoms. The monoisotopic (exact) mass is 369 g/mol. The average Bonchev–Trinajstić information content (AvgIpc) is 3.03. The number of piperidine rings is 1. The molecule has 134 valence electrons. The first-order valence-corrected chi connectivity index (χ1v) is 9.55. The topological polar surface area (TPSA) is 40.7 Å². The number of hydrogen-bond donors (Lipinski definition) is 2. The molecule has 26 heavy (non-hydrogen) atoms. The molecule has 0 unspecified atom stereocenters. The minimum atomic E-state index is -0.413. The summed E-state index contributed by atoms with van der Waals surface area (Å²) in [5.41, 5.74) is 4.29. The van der Waals surface area contributed by atoms with Gasteiger partial charge in [0.15, 0.2) is 0 Å². The fraction of sp³-hybridized carbons (Fsp3) is 0.350. The first-order chi connectivity index (χ1) is 12.6. The number of H-pyrrole nitrogens is 1. The first-order valence-electron chi connectivity index (χ1n) is 9.17. The average molecular weight is 370 g/mol. The van der Waals surface area contributed by atoms with E-state index in [0.29, 0.717) is 5.52 Å². The molecular formula is C20H22BClFN3. The highest BCUT2D eigenvalue weighted by atomic mass is 35.5. The molecule has 3 nitrogen and oxygen atoms in total. The fourth-order valence-electron chi connectivity index (χ4n) is 4.03. The van der Waals surface area contributed by atoms with E-state index < -0.39 is 5.82 Å². The summed E-state index contributed by atoms with van der Waals surface area (Å²) in [6.45, 7) is 2.07. The van der Waals surface area contributed by atoms with Crippen molar-refractivity contribution < 1.29 is 4.39 Å². The molecule has 0 radical (unpaired) electrons. The summed E-state index contributed by atoms with van der Waals surface area (Å²) >= 11 is 5.87. The van der Waals surface area contributed by atoms with Crippen molar-refractivity contribution in [3.8, 4) is 0 Å². The zero-order valence-corrected chi connectivity index (χ0v) is 15.7. The molecule has 1 saturated heterocycles. The van der Waals surface area contributed by atoms with Crippen LogP contribution in [0.3, 0.4) is 0 Å². The maximum atomic E-state index is 13.7. The predicted molar refractivity (Wildman–Crippen MR) is 108 cm³/mol. The Kier molecular flexibility index (Phi) is 4.76. The molecule has 1 aromatic heterocycles. The lowest BCUT2D eigenvalue weighted by Crippen LogP contribution is -2.40. The normalized spacial score (nSPS) is 16.8. The quantitative estimate of drug-likeness (QED) is 0.694. The van der Waals surface area contributed by atoms with Gasteiger partial charge in [0.2, 0.25) is 0 Å². The fourth-order valence-corrected chi connectivity index (χ4v) is 4.19. The first kappa shape index (κ1) is 17.6. The maximum absolute atomic E-state index is 13.7. The maximum Gasteiger partial charge on any atom is 0.144 e. The molecule has 0 spiro atoms. The lowest BCUT2D eigenvalue weighted by atomic mass is 9.69. The Morgan fingerprint density at radius 1 is 1.15 bits per heavy atom. The molecule has 2 N–H and O–H groups in total. The summed E-state index contributed by atoms with van der Waals surface area (Å²) in [7, 11) is 2.12. The summed E-state index contributed by atoms with van der Waals surface area (Å²) in [5, 5.41) is 3.59.